The third-order valence-corrected chi connectivity index (χ3v) is 3.46. The zero-order chi connectivity index (χ0) is 15.0. The number of rotatable bonds is 8. The zero-order valence-corrected chi connectivity index (χ0v) is 12.4. The monoisotopic (exact) mass is 301 g/mol. The van der Waals surface area contributed by atoms with E-state index >= 15 is 0 Å². The molecule has 0 spiro atoms. The second-order valence-electron chi connectivity index (χ2n) is 4.03. The lowest BCUT2D eigenvalue weighted by atomic mass is 10.2. The van der Waals surface area contributed by atoms with E-state index in [-0.39, 0.29) is 11.7 Å². The Labute approximate surface area is 121 Å². The molecule has 1 heterocycles. The average Bonchev–Trinajstić information content (AvgIpc) is 2.94. The Kier molecular flexibility index (Phi) is 6.88. The highest BCUT2D eigenvalue weighted by molar-refractivity contribution is 7.08. The van der Waals surface area contributed by atoms with E-state index in [0.29, 0.717) is 43.1 Å². The molecule has 0 aliphatic heterocycles. The van der Waals surface area contributed by atoms with Gasteiger partial charge in [0.15, 0.2) is 0 Å². The minimum atomic E-state index is -0.153. The van der Waals surface area contributed by atoms with Crippen LogP contribution in [0.3, 0.4) is 0 Å². The van der Waals surface area contributed by atoms with E-state index in [1.54, 1.807) is 12.0 Å². The molecule has 9 heteroatoms. The molecule has 0 saturated carbocycles. The number of nitrogens with two attached hydrogens (primary N) is 1. The van der Waals surface area contributed by atoms with E-state index in [9.17, 15) is 4.79 Å². The molecule has 3 N–H and O–H groups in total. The fourth-order valence-corrected chi connectivity index (χ4v) is 2.28. The summed E-state index contributed by atoms with van der Waals surface area (Å²) in [6.45, 7) is 3.10. The van der Waals surface area contributed by atoms with Crippen LogP contribution in [-0.4, -0.2) is 58.2 Å². The van der Waals surface area contributed by atoms with Crippen molar-refractivity contribution in [1.82, 2.24) is 14.5 Å². The highest BCUT2D eigenvalue weighted by Gasteiger charge is 2.21. The van der Waals surface area contributed by atoms with Crippen LogP contribution in [0.25, 0.3) is 0 Å². The van der Waals surface area contributed by atoms with Gasteiger partial charge < -0.3 is 20.6 Å². The van der Waals surface area contributed by atoms with Crippen molar-refractivity contribution in [1.29, 1.82) is 0 Å². The van der Waals surface area contributed by atoms with Crippen molar-refractivity contribution in [2.24, 2.45) is 10.9 Å². The van der Waals surface area contributed by atoms with Crippen LogP contribution in [-0.2, 0) is 11.2 Å². The van der Waals surface area contributed by atoms with Gasteiger partial charge in [-0.15, -0.1) is 5.10 Å². The summed E-state index contributed by atoms with van der Waals surface area (Å²) >= 11 is 1.08. The number of nitrogens with zero attached hydrogens (tertiary/aromatic N) is 4. The minimum absolute atomic E-state index is 0.0818. The second kappa shape index (κ2) is 8.43. The topological polar surface area (TPSA) is 114 Å². The van der Waals surface area contributed by atoms with Gasteiger partial charge in [-0.3, -0.25) is 4.79 Å². The maximum absolute atomic E-state index is 12.5. The fraction of sp³-hybridized carbons (Fsp3) is 0.636. The van der Waals surface area contributed by atoms with Gasteiger partial charge in [-0.25, -0.2) is 0 Å². The molecule has 1 rings (SSSR count). The molecule has 1 amide bonds. The fourth-order valence-electron chi connectivity index (χ4n) is 1.56. The van der Waals surface area contributed by atoms with Crippen LogP contribution in [0, 0.1) is 0 Å². The molecule has 0 aliphatic carbocycles. The van der Waals surface area contributed by atoms with Crippen LogP contribution in [0.1, 0.15) is 28.7 Å². The van der Waals surface area contributed by atoms with Crippen LogP contribution in [0.15, 0.2) is 5.16 Å². The lowest BCUT2D eigenvalue weighted by molar-refractivity contribution is 0.0704. The lowest BCUT2D eigenvalue weighted by Crippen LogP contribution is -2.36. The highest BCUT2D eigenvalue weighted by Crippen LogP contribution is 2.14. The van der Waals surface area contributed by atoms with Crippen LogP contribution in [0.4, 0.5) is 0 Å². The molecule has 1 aromatic heterocycles. The first-order chi connectivity index (χ1) is 9.63. The second-order valence-corrected chi connectivity index (χ2v) is 4.78. The molecule has 0 radical (unpaired) electrons. The highest BCUT2D eigenvalue weighted by atomic mass is 32.1. The van der Waals surface area contributed by atoms with Crippen molar-refractivity contribution in [2.75, 3.05) is 26.8 Å². The average molecular weight is 301 g/mol. The number of amides is 1. The van der Waals surface area contributed by atoms with Crippen molar-refractivity contribution in [3.63, 3.8) is 0 Å². The summed E-state index contributed by atoms with van der Waals surface area (Å²) in [6, 6.07) is 0. The Morgan fingerprint density at radius 3 is 2.90 bits per heavy atom. The molecular formula is C11H19N5O3S. The van der Waals surface area contributed by atoms with Crippen molar-refractivity contribution in [2.45, 2.75) is 19.8 Å². The van der Waals surface area contributed by atoms with Crippen LogP contribution < -0.4 is 5.73 Å². The number of hydrogen-bond acceptors (Lipinski definition) is 7. The summed E-state index contributed by atoms with van der Waals surface area (Å²) in [4.78, 5) is 14.6. The molecule has 0 bridgehead atoms. The van der Waals surface area contributed by atoms with Gasteiger partial charge in [-0.1, -0.05) is 16.6 Å². The summed E-state index contributed by atoms with van der Waals surface area (Å²) < 4.78 is 8.81. The number of aromatic nitrogens is 2. The van der Waals surface area contributed by atoms with Crippen molar-refractivity contribution >= 4 is 23.3 Å². The predicted molar refractivity (Wildman–Crippen MR) is 75.1 cm³/mol. The maximum atomic E-state index is 12.5. The molecule has 8 nitrogen and oxygen atoms in total. The van der Waals surface area contributed by atoms with Gasteiger partial charge in [0, 0.05) is 26.6 Å². The third-order valence-electron chi connectivity index (χ3n) is 2.70. The molecule has 112 valence electrons. The maximum Gasteiger partial charge on any atom is 0.267 e. The first-order valence-electron chi connectivity index (χ1n) is 6.19. The van der Waals surface area contributed by atoms with Gasteiger partial charge in [0.25, 0.3) is 5.91 Å². The van der Waals surface area contributed by atoms with E-state index in [2.05, 4.69) is 14.7 Å². The van der Waals surface area contributed by atoms with E-state index in [1.165, 1.54) is 0 Å². The molecule has 20 heavy (non-hydrogen) atoms. The molecule has 0 atom stereocenters. The molecule has 0 aromatic carbocycles. The Morgan fingerprint density at radius 1 is 1.55 bits per heavy atom. The minimum Gasteiger partial charge on any atom is -0.409 e. The number of oxime groups is 1. The summed E-state index contributed by atoms with van der Waals surface area (Å²) in [7, 11) is 1.57. The lowest BCUT2D eigenvalue weighted by Gasteiger charge is -2.21. The molecular weight excluding hydrogens is 282 g/mol. The van der Waals surface area contributed by atoms with Crippen molar-refractivity contribution < 1.29 is 14.7 Å². The number of carbonyl (C=O) groups excluding carboxylic acids is 1. The van der Waals surface area contributed by atoms with Gasteiger partial charge in [0.2, 0.25) is 0 Å². The number of aryl methyl sites for hydroxylation is 1. The van der Waals surface area contributed by atoms with Crippen LogP contribution >= 0.6 is 11.5 Å². The standard InChI is InChI=1S/C11H19N5O3S/c1-3-8-10(20-15-13-8)11(17)16(6-7-19-2)5-4-9(12)14-18/h18H,3-7H2,1-2H3,(H2,12,14). The SMILES string of the molecule is CCc1nnsc1C(=O)N(CCOC)CCC(N)=NO. The first kappa shape index (κ1) is 16.3. The zero-order valence-electron chi connectivity index (χ0n) is 11.6. The van der Waals surface area contributed by atoms with Gasteiger partial charge in [-0.05, 0) is 18.0 Å². The number of methoxy groups -OCH3 is 1. The van der Waals surface area contributed by atoms with Gasteiger partial charge in [0.1, 0.15) is 10.7 Å². The van der Waals surface area contributed by atoms with Gasteiger partial charge in [0.05, 0.1) is 12.3 Å². The smallest absolute Gasteiger partial charge is 0.267 e. The van der Waals surface area contributed by atoms with Crippen molar-refractivity contribution in [3.05, 3.63) is 10.6 Å². The Hall–Kier alpha value is -1.74. The molecule has 0 unspecified atom stereocenters. The van der Waals surface area contributed by atoms with Gasteiger partial charge >= 0.3 is 0 Å². The molecule has 1 aromatic rings. The first-order valence-corrected chi connectivity index (χ1v) is 6.97. The Bertz CT molecular complexity index is 463. The van der Waals surface area contributed by atoms with Crippen molar-refractivity contribution in [3.8, 4) is 0 Å². The molecule has 0 fully saturated rings. The number of amidine groups is 1. The van der Waals surface area contributed by atoms with E-state index in [0.717, 1.165) is 11.5 Å². The van der Waals surface area contributed by atoms with E-state index in [1.807, 2.05) is 6.92 Å². The Morgan fingerprint density at radius 2 is 2.30 bits per heavy atom. The number of hydrogen-bond donors (Lipinski definition) is 2. The molecule has 0 aliphatic rings. The van der Waals surface area contributed by atoms with E-state index in [4.69, 9.17) is 15.7 Å². The normalized spacial score (nSPS) is 11.6. The van der Waals surface area contributed by atoms with Crippen LogP contribution in [0.2, 0.25) is 0 Å². The summed E-state index contributed by atoms with van der Waals surface area (Å²) in [5.74, 6) is -0.0713. The van der Waals surface area contributed by atoms with Gasteiger partial charge in [-0.2, -0.15) is 0 Å². The van der Waals surface area contributed by atoms with Crippen LogP contribution in [0.5, 0.6) is 0 Å². The number of ether oxygens (including phenoxy) is 1. The third kappa shape index (κ3) is 4.42. The quantitative estimate of drug-likeness (QED) is 0.309. The number of carbonyl (C=O) groups is 1. The summed E-state index contributed by atoms with van der Waals surface area (Å²) in [5.41, 5.74) is 6.12. The summed E-state index contributed by atoms with van der Waals surface area (Å²) in [6.07, 6.45) is 0.940. The predicted octanol–water partition coefficient (Wildman–Crippen LogP) is 0.326. The van der Waals surface area contributed by atoms with E-state index < -0.39 is 0 Å². The largest absolute Gasteiger partial charge is 0.409 e. The molecule has 0 saturated heterocycles. The Balaban J connectivity index is 2.78. The summed E-state index contributed by atoms with van der Waals surface area (Å²) in [5, 5.41) is 15.4.